The summed E-state index contributed by atoms with van der Waals surface area (Å²) < 4.78 is 6.09. The number of hydrogen-bond donors (Lipinski definition) is 0. The van der Waals surface area contributed by atoms with Crippen molar-refractivity contribution in [1.82, 2.24) is 0 Å². The zero-order valence-corrected chi connectivity index (χ0v) is 16.4. The first-order valence-corrected chi connectivity index (χ1v) is 9.25. The van der Waals surface area contributed by atoms with Crippen LogP contribution in [0.3, 0.4) is 0 Å². The van der Waals surface area contributed by atoms with Gasteiger partial charge in [0.15, 0.2) is 5.78 Å². The van der Waals surface area contributed by atoms with Crippen LogP contribution in [-0.4, -0.2) is 11.8 Å². The molecule has 27 heavy (non-hydrogen) atoms. The maximum atomic E-state index is 12.3. The van der Waals surface area contributed by atoms with Crippen LogP contribution in [0.25, 0.3) is 6.08 Å². The molecule has 0 fully saturated rings. The summed E-state index contributed by atoms with van der Waals surface area (Å²) in [5, 5.41) is 0.579. The molecule has 3 rings (SSSR count). The van der Waals surface area contributed by atoms with Crippen LogP contribution >= 0.6 is 27.5 Å². The highest BCUT2D eigenvalue weighted by atomic mass is 79.9. The molecule has 0 bridgehead atoms. The van der Waals surface area contributed by atoms with Crippen LogP contribution in [0, 0.1) is 0 Å². The molecule has 0 aliphatic rings. The van der Waals surface area contributed by atoms with Crippen LogP contribution in [0.1, 0.15) is 26.3 Å². The van der Waals surface area contributed by atoms with Gasteiger partial charge in [0.25, 0.3) is 0 Å². The van der Waals surface area contributed by atoms with Crippen molar-refractivity contribution in [2.24, 2.45) is 0 Å². The van der Waals surface area contributed by atoms with Crippen LogP contribution in [0.2, 0.25) is 5.02 Å². The number of rotatable bonds is 5. The lowest BCUT2D eigenvalue weighted by Gasteiger charge is -2.06. The van der Waals surface area contributed by atoms with E-state index in [1.807, 2.05) is 12.1 Å². The van der Waals surface area contributed by atoms with Gasteiger partial charge in [-0.3, -0.25) is 4.79 Å². The van der Waals surface area contributed by atoms with Gasteiger partial charge in [-0.25, -0.2) is 4.79 Å². The normalized spacial score (nSPS) is 10.7. The number of hydrogen-bond acceptors (Lipinski definition) is 3. The van der Waals surface area contributed by atoms with Gasteiger partial charge in [0.2, 0.25) is 0 Å². The number of benzene rings is 3. The largest absolute Gasteiger partial charge is 0.423 e. The summed E-state index contributed by atoms with van der Waals surface area (Å²) in [6, 6.07) is 20.7. The Morgan fingerprint density at radius 2 is 1.67 bits per heavy atom. The molecule has 0 unspecified atom stereocenters. The number of ketones is 1. The average Bonchev–Trinajstić information content (AvgIpc) is 2.67. The number of halogens is 2. The van der Waals surface area contributed by atoms with Gasteiger partial charge in [0, 0.05) is 15.1 Å². The third-order valence-electron chi connectivity index (χ3n) is 3.72. The van der Waals surface area contributed by atoms with Crippen molar-refractivity contribution in [3.63, 3.8) is 0 Å². The molecule has 0 saturated carbocycles. The Balaban J connectivity index is 1.72. The van der Waals surface area contributed by atoms with E-state index in [0.717, 1.165) is 5.56 Å². The van der Waals surface area contributed by atoms with Gasteiger partial charge in [0.05, 0.1) is 5.56 Å². The molecule has 0 N–H and O–H groups in total. The summed E-state index contributed by atoms with van der Waals surface area (Å²) in [5.74, 6) is -0.194. The molecule has 0 saturated heterocycles. The van der Waals surface area contributed by atoms with Gasteiger partial charge in [-0.05, 0) is 76.1 Å². The second-order valence-electron chi connectivity index (χ2n) is 5.65. The molecule has 3 aromatic carbocycles. The highest BCUT2D eigenvalue weighted by Crippen LogP contribution is 2.20. The second-order valence-corrected chi connectivity index (χ2v) is 6.94. The summed E-state index contributed by atoms with van der Waals surface area (Å²) in [7, 11) is 0. The molecule has 0 atom stereocenters. The molecule has 0 aromatic heterocycles. The van der Waals surface area contributed by atoms with Crippen molar-refractivity contribution in [3.05, 3.63) is 105 Å². The summed E-state index contributed by atoms with van der Waals surface area (Å²) in [6.45, 7) is 0. The molecule has 0 aliphatic carbocycles. The fraction of sp³-hybridized carbons (Fsp3) is 0. The Morgan fingerprint density at radius 1 is 0.926 bits per heavy atom. The highest BCUT2D eigenvalue weighted by molar-refractivity contribution is 9.10. The molecular formula is C22H14BrClO3. The van der Waals surface area contributed by atoms with E-state index in [1.54, 1.807) is 66.7 Å². The van der Waals surface area contributed by atoms with E-state index in [0.29, 0.717) is 26.4 Å². The minimum Gasteiger partial charge on any atom is -0.423 e. The van der Waals surface area contributed by atoms with Gasteiger partial charge in [-0.15, -0.1) is 0 Å². The van der Waals surface area contributed by atoms with Gasteiger partial charge in [-0.2, -0.15) is 0 Å². The Hall–Kier alpha value is -2.69. The van der Waals surface area contributed by atoms with Gasteiger partial charge >= 0.3 is 5.97 Å². The molecule has 5 heteroatoms. The number of allylic oxidation sites excluding steroid dienone is 1. The molecule has 134 valence electrons. The standard InChI is InChI=1S/C22H14BrClO3/c23-20-7-2-1-6-19(20)22(26)27-18-5-3-4-15(14-18)8-13-21(25)16-9-11-17(24)12-10-16/h1-14H. The average molecular weight is 442 g/mol. The fourth-order valence-electron chi connectivity index (χ4n) is 2.35. The van der Waals surface area contributed by atoms with E-state index in [-0.39, 0.29) is 5.78 Å². The second kappa shape index (κ2) is 8.80. The minimum atomic E-state index is -0.458. The first kappa shape index (κ1) is 19.1. The highest BCUT2D eigenvalue weighted by Gasteiger charge is 2.11. The Kier molecular flexibility index (Phi) is 6.22. The molecule has 0 amide bonds. The van der Waals surface area contributed by atoms with E-state index in [4.69, 9.17) is 16.3 Å². The van der Waals surface area contributed by atoms with Crippen molar-refractivity contribution < 1.29 is 14.3 Å². The molecule has 3 nitrogen and oxygen atoms in total. The molecule has 3 aromatic rings. The maximum absolute atomic E-state index is 12.3. The lowest BCUT2D eigenvalue weighted by molar-refractivity contribution is 0.0733. The zero-order chi connectivity index (χ0) is 19.2. The van der Waals surface area contributed by atoms with Crippen molar-refractivity contribution in [3.8, 4) is 5.75 Å². The summed E-state index contributed by atoms with van der Waals surface area (Å²) in [4.78, 5) is 24.5. The first-order chi connectivity index (χ1) is 13.0. The summed E-state index contributed by atoms with van der Waals surface area (Å²) in [5.41, 5.74) is 1.73. The van der Waals surface area contributed by atoms with Crippen molar-refractivity contribution in [2.75, 3.05) is 0 Å². The Bertz CT molecular complexity index is 1010. The summed E-state index contributed by atoms with van der Waals surface area (Å²) >= 11 is 9.16. The first-order valence-electron chi connectivity index (χ1n) is 8.08. The van der Waals surface area contributed by atoms with E-state index >= 15 is 0 Å². The SMILES string of the molecule is O=C(C=Cc1cccc(OC(=O)c2ccccc2Br)c1)c1ccc(Cl)cc1. The predicted molar refractivity (Wildman–Crippen MR) is 110 cm³/mol. The smallest absolute Gasteiger partial charge is 0.344 e. The number of carbonyl (C=O) groups is 2. The van der Waals surface area contributed by atoms with Crippen molar-refractivity contribution >= 4 is 45.4 Å². The molecular weight excluding hydrogens is 428 g/mol. The van der Waals surface area contributed by atoms with Gasteiger partial charge < -0.3 is 4.74 Å². The zero-order valence-electron chi connectivity index (χ0n) is 14.1. The Morgan fingerprint density at radius 3 is 2.41 bits per heavy atom. The lowest BCUT2D eigenvalue weighted by atomic mass is 10.1. The number of esters is 1. The van der Waals surface area contributed by atoms with E-state index in [2.05, 4.69) is 15.9 Å². The lowest BCUT2D eigenvalue weighted by Crippen LogP contribution is -2.09. The molecule has 0 radical (unpaired) electrons. The Labute approximate surface area is 170 Å². The van der Waals surface area contributed by atoms with Crippen LogP contribution < -0.4 is 4.74 Å². The third kappa shape index (κ3) is 5.16. The van der Waals surface area contributed by atoms with E-state index in [1.165, 1.54) is 6.08 Å². The van der Waals surface area contributed by atoms with Gasteiger partial charge in [-0.1, -0.05) is 41.9 Å². The van der Waals surface area contributed by atoms with E-state index in [9.17, 15) is 9.59 Å². The third-order valence-corrected chi connectivity index (χ3v) is 4.66. The quantitative estimate of drug-likeness (QED) is 0.204. The van der Waals surface area contributed by atoms with Crippen LogP contribution in [-0.2, 0) is 0 Å². The van der Waals surface area contributed by atoms with Gasteiger partial charge in [0.1, 0.15) is 5.75 Å². The predicted octanol–water partition coefficient (Wildman–Crippen LogP) is 6.22. The molecule has 0 aliphatic heterocycles. The maximum Gasteiger partial charge on any atom is 0.344 e. The van der Waals surface area contributed by atoms with Crippen LogP contribution in [0.4, 0.5) is 0 Å². The van der Waals surface area contributed by atoms with Crippen molar-refractivity contribution in [2.45, 2.75) is 0 Å². The molecule has 0 heterocycles. The molecule has 0 spiro atoms. The van der Waals surface area contributed by atoms with Crippen molar-refractivity contribution in [1.29, 1.82) is 0 Å². The minimum absolute atomic E-state index is 0.137. The van der Waals surface area contributed by atoms with Crippen LogP contribution in [0.15, 0.2) is 83.3 Å². The topological polar surface area (TPSA) is 43.4 Å². The van der Waals surface area contributed by atoms with E-state index < -0.39 is 5.97 Å². The summed E-state index contributed by atoms with van der Waals surface area (Å²) in [6.07, 6.45) is 3.14. The monoisotopic (exact) mass is 440 g/mol. The fourth-order valence-corrected chi connectivity index (χ4v) is 2.93. The van der Waals surface area contributed by atoms with Crippen LogP contribution in [0.5, 0.6) is 5.75 Å². The number of ether oxygens (including phenoxy) is 1. The number of carbonyl (C=O) groups excluding carboxylic acids is 2.